The van der Waals surface area contributed by atoms with Crippen molar-refractivity contribution in [3.8, 4) is 5.75 Å². The summed E-state index contributed by atoms with van der Waals surface area (Å²) in [4.78, 5) is 4.58. The lowest BCUT2D eigenvalue weighted by Crippen LogP contribution is -2.09. The summed E-state index contributed by atoms with van der Waals surface area (Å²) >= 11 is 6.20. The predicted molar refractivity (Wildman–Crippen MR) is 75.2 cm³/mol. The van der Waals surface area contributed by atoms with E-state index in [1.54, 1.807) is 13.2 Å². The molecule has 4 nitrogen and oxygen atoms in total. The van der Waals surface area contributed by atoms with Crippen LogP contribution in [0.4, 0.5) is 5.69 Å². The van der Waals surface area contributed by atoms with Crippen molar-refractivity contribution in [1.29, 1.82) is 0 Å². The SMILES string of the molecule is COc1ccc(Cl)c2nc(C(C)C)cc(NN)c12. The maximum atomic E-state index is 6.20. The number of anilines is 1. The topological polar surface area (TPSA) is 60.2 Å². The molecule has 0 saturated heterocycles. The molecule has 0 atom stereocenters. The monoisotopic (exact) mass is 265 g/mol. The summed E-state index contributed by atoms with van der Waals surface area (Å²) < 4.78 is 5.33. The molecule has 0 bridgehead atoms. The van der Waals surface area contributed by atoms with E-state index < -0.39 is 0 Å². The number of nitrogens with zero attached hydrogens (tertiary/aromatic N) is 1. The van der Waals surface area contributed by atoms with Gasteiger partial charge in [0.1, 0.15) is 5.75 Å². The first-order valence-corrected chi connectivity index (χ1v) is 6.10. The number of benzene rings is 1. The first-order chi connectivity index (χ1) is 8.58. The summed E-state index contributed by atoms with van der Waals surface area (Å²) in [5.74, 6) is 6.58. The maximum absolute atomic E-state index is 6.20. The number of aromatic nitrogens is 1. The van der Waals surface area contributed by atoms with Gasteiger partial charge in [-0.2, -0.15) is 0 Å². The Balaban J connectivity index is 2.86. The summed E-state index contributed by atoms with van der Waals surface area (Å²) in [7, 11) is 1.61. The van der Waals surface area contributed by atoms with Crippen LogP contribution in [0.2, 0.25) is 5.02 Å². The summed E-state index contributed by atoms with van der Waals surface area (Å²) in [5.41, 5.74) is 5.09. The number of nitrogen functional groups attached to an aromatic ring is 1. The fourth-order valence-corrected chi connectivity index (χ4v) is 2.08. The predicted octanol–water partition coefficient (Wildman–Crippen LogP) is 3.31. The zero-order valence-electron chi connectivity index (χ0n) is 10.6. The Morgan fingerprint density at radius 1 is 1.39 bits per heavy atom. The highest BCUT2D eigenvalue weighted by atomic mass is 35.5. The lowest BCUT2D eigenvalue weighted by atomic mass is 10.1. The zero-order valence-corrected chi connectivity index (χ0v) is 11.4. The van der Waals surface area contributed by atoms with Gasteiger partial charge < -0.3 is 10.2 Å². The number of nitrogens with two attached hydrogens (primary N) is 1. The number of hydrogen-bond donors (Lipinski definition) is 2. The number of ether oxygens (including phenoxy) is 1. The molecule has 96 valence electrons. The second-order valence-corrected chi connectivity index (χ2v) is 4.77. The van der Waals surface area contributed by atoms with Crippen molar-refractivity contribution in [3.63, 3.8) is 0 Å². The Morgan fingerprint density at radius 3 is 2.67 bits per heavy atom. The van der Waals surface area contributed by atoms with Gasteiger partial charge in [0.2, 0.25) is 0 Å². The maximum Gasteiger partial charge on any atom is 0.130 e. The van der Waals surface area contributed by atoms with Crippen LogP contribution in [-0.2, 0) is 0 Å². The van der Waals surface area contributed by atoms with E-state index in [-0.39, 0.29) is 0 Å². The van der Waals surface area contributed by atoms with E-state index in [1.165, 1.54) is 0 Å². The van der Waals surface area contributed by atoms with E-state index >= 15 is 0 Å². The van der Waals surface area contributed by atoms with Gasteiger partial charge in [0.15, 0.2) is 0 Å². The van der Waals surface area contributed by atoms with Crippen LogP contribution >= 0.6 is 11.6 Å². The molecule has 1 aromatic carbocycles. The molecule has 1 heterocycles. The second kappa shape index (κ2) is 5.00. The third-order valence-electron chi connectivity index (χ3n) is 2.86. The van der Waals surface area contributed by atoms with Gasteiger partial charge in [-0.3, -0.25) is 10.8 Å². The van der Waals surface area contributed by atoms with Crippen LogP contribution < -0.4 is 16.0 Å². The number of halogens is 1. The van der Waals surface area contributed by atoms with Crippen molar-refractivity contribution in [2.24, 2.45) is 5.84 Å². The fraction of sp³-hybridized carbons (Fsp3) is 0.308. The van der Waals surface area contributed by atoms with E-state index in [2.05, 4.69) is 24.3 Å². The van der Waals surface area contributed by atoms with Crippen LogP contribution in [-0.4, -0.2) is 12.1 Å². The second-order valence-electron chi connectivity index (χ2n) is 4.37. The number of rotatable bonds is 3. The molecule has 0 fully saturated rings. The van der Waals surface area contributed by atoms with Crippen molar-refractivity contribution in [3.05, 3.63) is 28.9 Å². The van der Waals surface area contributed by atoms with Gasteiger partial charge in [-0.05, 0) is 24.1 Å². The molecule has 3 N–H and O–H groups in total. The highest BCUT2D eigenvalue weighted by Gasteiger charge is 2.14. The minimum atomic E-state index is 0.295. The number of nitrogens with one attached hydrogen (secondary N) is 1. The van der Waals surface area contributed by atoms with Crippen LogP contribution in [0.5, 0.6) is 5.75 Å². The number of hydrazine groups is 1. The van der Waals surface area contributed by atoms with Crippen molar-refractivity contribution in [2.45, 2.75) is 19.8 Å². The summed E-state index contributed by atoms with van der Waals surface area (Å²) in [6.45, 7) is 4.14. The van der Waals surface area contributed by atoms with Crippen LogP contribution in [0.1, 0.15) is 25.5 Å². The molecule has 0 unspecified atom stereocenters. The highest BCUT2D eigenvalue weighted by molar-refractivity contribution is 6.35. The number of hydrogen-bond acceptors (Lipinski definition) is 4. The molecule has 0 spiro atoms. The molecule has 0 aliphatic carbocycles. The van der Waals surface area contributed by atoms with Gasteiger partial charge in [-0.15, -0.1) is 0 Å². The van der Waals surface area contributed by atoms with Gasteiger partial charge >= 0.3 is 0 Å². The Kier molecular flexibility index (Phi) is 3.59. The average Bonchev–Trinajstić information content (AvgIpc) is 2.38. The minimum Gasteiger partial charge on any atom is -0.496 e. The molecule has 0 radical (unpaired) electrons. The molecule has 1 aromatic heterocycles. The lowest BCUT2D eigenvalue weighted by Gasteiger charge is -2.14. The molecular weight excluding hydrogens is 250 g/mol. The smallest absolute Gasteiger partial charge is 0.130 e. The Hall–Kier alpha value is -1.52. The molecule has 2 aromatic rings. The van der Waals surface area contributed by atoms with Gasteiger partial charge in [-0.25, -0.2) is 0 Å². The van der Waals surface area contributed by atoms with Crippen molar-refractivity contribution in [1.82, 2.24) is 4.98 Å². The first-order valence-electron chi connectivity index (χ1n) is 5.72. The Bertz CT molecular complexity index is 584. The highest BCUT2D eigenvalue weighted by Crippen LogP contribution is 2.36. The Morgan fingerprint density at radius 2 is 2.11 bits per heavy atom. The average molecular weight is 266 g/mol. The summed E-state index contributed by atoms with van der Waals surface area (Å²) in [6.07, 6.45) is 0. The van der Waals surface area contributed by atoms with Gasteiger partial charge in [0.05, 0.1) is 28.7 Å². The lowest BCUT2D eigenvalue weighted by molar-refractivity contribution is 0.420. The number of methoxy groups -OCH3 is 1. The molecule has 18 heavy (non-hydrogen) atoms. The quantitative estimate of drug-likeness (QED) is 0.660. The van der Waals surface area contributed by atoms with Crippen molar-refractivity contribution < 1.29 is 4.74 Å². The number of pyridine rings is 1. The van der Waals surface area contributed by atoms with Gasteiger partial charge in [0, 0.05) is 5.69 Å². The Labute approximate surface area is 111 Å². The minimum absolute atomic E-state index is 0.295. The third kappa shape index (κ3) is 2.09. The summed E-state index contributed by atoms with van der Waals surface area (Å²) in [5, 5.41) is 1.39. The molecule has 0 aliphatic heterocycles. The standard InChI is InChI=1S/C13H16ClN3O/c1-7(2)9-6-10(17-15)12-11(18-3)5-4-8(14)13(12)16-9/h4-7H,15H2,1-3H3,(H,16,17). The van der Waals surface area contributed by atoms with Gasteiger partial charge in [0.25, 0.3) is 0 Å². The fourth-order valence-electron chi connectivity index (χ4n) is 1.88. The van der Waals surface area contributed by atoms with Crippen LogP contribution in [0.3, 0.4) is 0 Å². The molecular formula is C13H16ClN3O. The van der Waals surface area contributed by atoms with E-state index in [0.717, 1.165) is 16.8 Å². The van der Waals surface area contributed by atoms with E-state index in [4.69, 9.17) is 22.2 Å². The number of fused-ring (bicyclic) bond motifs is 1. The summed E-state index contributed by atoms with van der Waals surface area (Å²) in [6, 6.07) is 5.51. The van der Waals surface area contributed by atoms with E-state index in [1.807, 2.05) is 12.1 Å². The molecule has 0 saturated carbocycles. The van der Waals surface area contributed by atoms with Crippen molar-refractivity contribution in [2.75, 3.05) is 12.5 Å². The van der Waals surface area contributed by atoms with E-state index in [9.17, 15) is 0 Å². The van der Waals surface area contributed by atoms with Crippen LogP contribution in [0, 0.1) is 0 Å². The molecule has 0 amide bonds. The third-order valence-corrected chi connectivity index (χ3v) is 3.16. The largest absolute Gasteiger partial charge is 0.496 e. The molecule has 5 heteroatoms. The van der Waals surface area contributed by atoms with Gasteiger partial charge in [-0.1, -0.05) is 25.4 Å². The van der Waals surface area contributed by atoms with Crippen LogP contribution in [0.15, 0.2) is 18.2 Å². The molecule has 2 rings (SSSR count). The first kappa shape index (κ1) is 12.9. The molecule has 0 aliphatic rings. The van der Waals surface area contributed by atoms with E-state index in [0.29, 0.717) is 22.2 Å². The normalized spacial score (nSPS) is 11.0. The van der Waals surface area contributed by atoms with Crippen LogP contribution in [0.25, 0.3) is 10.9 Å². The van der Waals surface area contributed by atoms with Crippen molar-refractivity contribution >= 4 is 28.2 Å². The zero-order chi connectivity index (χ0) is 13.3.